The normalized spacial score (nSPS) is 12.4. The Morgan fingerprint density at radius 1 is 1.12 bits per heavy atom. The van der Waals surface area contributed by atoms with Crippen molar-refractivity contribution in [3.05, 3.63) is 42.2 Å². The molecule has 0 saturated carbocycles. The Labute approximate surface area is 102 Å². The summed E-state index contributed by atoms with van der Waals surface area (Å²) >= 11 is 0. The van der Waals surface area contributed by atoms with Crippen molar-refractivity contribution in [2.45, 2.75) is 26.2 Å². The molecule has 1 aromatic heterocycles. The van der Waals surface area contributed by atoms with Crippen molar-refractivity contribution in [1.29, 1.82) is 0 Å². The molecule has 2 rings (SSSR count). The van der Waals surface area contributed by atoms with Crippen LogP contribution in [-0.4, -0.2) is 9.97 Å². The Morgan fingerprint density at radius 2 is 1.71 bits per heavy atom. The standard InChI is InChI=1S/C14H17N3/c1-3-10(2)11-4-6-12(7-5-11)14-16-8-13(15)9-17-14/h4-10H,3,15H2,1-2H3. The quantitative estimate of drug-likeness (QED) is 0.875. The van der Waals surface area contributed by atoms with E-state index in [9.17, 15) is 0 Å². The van der Waals surface area contributed by atoms with Gasteiger partial charge in [-0.05, 0) is 17.9 Å². The lowest BCUT2D eigenvalue weighted by Crippen LogP contribution is -1.94. The van der Waals surface area contributed by atoms with Crippen molar-refractivity contribution >= 4 is 5.69 Å². The molecule has 0 radical (unpaired) electrons. The number of rotatable bonds is 3. The SMILES string of the molecule is CCC(C)c1ccc(-c2ncc(N)cn2)cc1. The van der Waals surface area contributed by atoms with Crippen LogP contribution in [0.5, 0.6) is 0 Å². The third-order valence-corrected chi connectivity index (χ3v) is 3.02. The van der Waals surface area contributed by atoms with E-state index in [-0.39, 0.29) is 0 Å². The van der Waals surface area contributed by atoms with Crippen molar-refractivity contribution in [1.82, 2.24) is 9.97 Å². The maximum absolute atomic E-state index is 5.56. The molecule has 88 valence electrons. The fourth-order valence-electron chi connectivity index (χ4n) is 1.68. The summed E-state index contributed by atoms with van der Waals surface area (Å²) in [6, 6.07) is 8.41. The zero-order chi connectivity index (χ0) is 12.3. The molecule has 1 aromatic carbocycles. The summed E-state index contributed by atoms with van der Waals surface area (Å²) in [5.74, 6) is 1.31. The topological polar surface area (TPSA) is 51.8 Å². The first-order valence-corrected chi connectivity index (χ1v) is 5.88. The molecule has 0 spiro atoms. The van der Waals surface area contributed by atoms with Gasteiger partial charge in [-0.1, -0.05) is 38.1 Å². The molecule has 2 aromatic rings. The molecule has 2 N–H and O–H groups in total. The first-order chi connectivity index (χ1) is 8.20. The van der Waals surface area contributed by atoms with Crippen LogP contribution in [0, 0.1) is 0 Å². The molecule has 0 aliphatic rings. The van der Waals surface area contributed by atoms with E-state index in [1.807, 2.05) is 0 Å². The molecule has 1 atom stereocenters. The predicted molar refractivity (Wildman–Crippen MR) is 70.6 cm³/mol. The van der Waals surface area contributed by atoms with E-state index < -0.39 is 0 Å². The molecule has 0 amide bonds. The van der Waals surface area contributed by atoms with Crippen LogP contribution in [0.15, 0.2) is 36.7 Å². The lowest BCUT2D eigenvalue weighted by molar-refractivity contribution is 0.734. The highest BCUT2D eigenvalue weighted by Crippen LogP contribution is 2.22. The third kappa shape index (κ3) is 2.61. The van der Waals surface area contributed by atoms with E-state index in [0.29, 0.717) is 11.6 Å². The molecular weight excluding hydrogens is 210 g/mol. The van der Waals surface area contributed by atoms with Gasteiger partial charge in [0.2, 0.25) is 0 Å². The van der Waals surface area contributed by atoms with E-state index >= 15 is 0 Å². The van der Waals surface area contributed by atoms with Crippen molar-refractivity contribution in [3.63, 3.8) is 0 Å². The summed E-state index contributed by atoms with van der Waals surface area (Å²) in [7, 11) is 0. The molecular formula is C14H17N3. The van der Waals surface area contributed by atoms with Gasteiger partial charge in [0.05, 0.1) is 18.1 Å². The Balaban J connectivity index is 2.26. The highest BCUT2D eigenvalue weighted by atomic mass is 14.9. The van der Waals surface area contributed by atoms with Crippen LogP contribution in [-0.2, 0) is 0 Å². The number of hydrogen-bond acceptors (Lipinski definition) is 3. The Bertz CT molecular complexity index is 474. The molecule has 1 heterocycles. The minimum atomic E-state index is 0.588. The second-order valence-corrected chi connectivity index (χ2v) is 4.27. The summed E-state index contributed by atoms with van der Waals surface area (Å²) in [5.41, 5.74) is 8.53. The Kier molecular flexibility index (Phi) is 3.38. The average Bonchev–Trinajstić information content (AvgIpc) is 2.39. The first-order valence-electron chi connectivity index (χ1n) is 5.88. The summed E-state index contributed by atoms with van der Waals surface area (Å²) in [6.45, 7) is 4.43. The number of hydrogen-bond donors (Lipinski definition) is 1. The van der Waals surface area contributed by atoms with E-state index in [0.717, 1.165) is 17.8 Å². The zero-order valence-electron chi connectivity index (χ0n) is 10.2. The Hall–Kier alpha value is -1.90. The largest absolute Gasteiger partial charge is 0.396 e. The zero-order valence-corrected chi connectivity index (χ0v) is 10.2. The van der Waals surface area contributed by atoms with Crippen LogP contribution in [0.2, 0.25) is 0 Å². The fourth-order valence-corrected chi connectivity index (χ4v) is 1.68. The number of nitrogens with zero attached hydrogens (tertiary/aromatic N) is 2. The number of nitrogens with two attached hydrogens (primary N) is 1. The van der Waals surface area contributed by atoms with Gasteiger partial charge in [-0.3, -0.25) is 0 Å². The smallest absolute Gasteiger partial charge is 0.159 e. The number of benzene rings is 1. The van der Waals surface area contributed by atoms with E-state index in [2.05, 4.69) is 48.1 Å². The molecule has 0 aliphatic heterocycles. The molecule has 1 unspecified atom stereocenters. The summed E-state index contributed by atoms with van der Waals surface area (Å²) < 4.78 is 0. The second-order valence-electron chi connectivity index (χ2n) is 4.27. The minimum absolute atomic E-state index is 0.588. The maximum Gasteiger partial charge on any atom is 0.159 e. The first kappa shape index (κ1) is 11.6. The van der Waals surface area contributed by atoms with Crippen LogP contribution in [0.1, 0.15) is 31.7 Å². The van der Waals surface area contributed by atoms with Gasteiger partial charge in [-0.25, -0.2) is 9.97 Å². The van der Waals surface area contributed by atoms with E-state index in [4.69, 9.17) is 5.73 Å². The van der Waals surface area contributed by atoms with Crippen LogP contribution in [0.4, 0.5) is 5.69 Å². The van der Waals surface area contributed by atoms with Gasteiger partial charge in [-0.2, -0.15) is 0 Å². The molecule has 0 aliphatic carbocycles. The number of nitrogen functional groups attached to an aromatic ring is 1. The van der Waals surface area contributed by atoms with E-state index in [1.165, 1.54) is 5.56 Å². The van der Waals surface area contributed by atoms with Crippen molar-refractivity contribution in [2.24, 2.45) is 0 Å². The maximum atomic E-state index is 5.56. The highest BCUT2D eigenvalue weighted by molar-refractivity contribution is 5.56. The molecule has 3 nitrogen and oxygen atoms in total. The van der Waals surface area contributed by atoms with Gasteiger partial charge in [0.25, 0.3) is 0 Å². The van der Waals surface area contributed by atoms with Crippen LogP contribution in [0.3, 0.4) is 0 Å². The van der Waals surface area contributed by atoms with Crippen molar-refractivity contribution in [3.8, 4) is 11.4 Å². The van der Waals surface area contributed by atoms with Crippen LogP contribution < -0.4 is 5.73 Å². The molecule has 0 fully saturated rings. The van der Waals surface area contributed by atoms with Gasteiger partial charge < -0.3 is 5.73 Å². The highest BCUT2D eigenvalue weighted by Gasteiger charge is 2.04. The number of aromatic nitrogens is 2. The van der Waals surface area contributed by atoms with Gasteiger partial charge >= 0.3 is 0 Å². The van der Waals surface area contributed by atoms with Crippen molar-refractivity contribution < 1.29 is 0 Å². The van der Waals surface area contributed by atoms with Crippen LogP contribution in [0.25, 0.3) is 11.4 Å². The van der Waals surface area contributed by atoms with Gasteiger partial charge in [0.1, 0.15) is 0 Å². The predicted octanol–water partition coefficient (Wildman–Crippen LogP) is 3.24. The van der Waals surface area contributed by atoms with Crippen molar-refractivity contribution in [2.75, 3.05) is 5.73 Å². The molecule has 3 heteroatoms. The molecule has 0 saturated heterocycles. The molecule has 17 heavy (non-hydrogen) atoms. The summed E-state index contributed by atoms with van der Waals surface area (Å²) in [4.78, 5) is 8.41. The van der Waals surface area contributed by atoms with Gasteiger partial charge in [-0.15, -0.1) is 0 Å². The van der Waals surface area contributed by atoms with Crippen LogP contribution >= 0.6 is 0 Å². The number of anilines is 1. The summed E-state index contributed by atoms with van der Waals surface area (Å²) in [5, 5.41) is 0. The lowest BCUT2D eigenvalue weighted by atomic mass is 9.97. The minimum Gasteiger partial charge on any atom is -0.396 e. The monoisotopic (exact) mass is 227 g/mol. The fraction of sp³-hybridized carbons (Fsp3) is 0.286. The average molecular weight is 227 g/mol. The summed E-state index contributed by atoms with van der Waals surface area (Å²) in [6.07, 6.45) is 4.41. The van der Waals surface area contributed by atoms with Gasteiger partial charge in [0, 0.05) is 5.56 Å². The van der Waals surface area contributed by atoms with Gasteiger partial charge in [0.15, 0.2) is 5.82 Å². The second kappa shape index (κ2) is 4.95. The Morgan fingerprint density at radius 3 is 2.24 bits per heavy atom. The third-order valence-electron chi connectivity index (χ3n) is 3.02. The van der Waals surface area contributed by atoms with E-state index in [1.54, 1.807) is 12.4 Å². The molecule has 0 bridgehead atoms. The lowest BCUT2D eigenvalue weighted by Gasteiger charge is -2.09.